The molecule has 0 unspecified atom stereocenters. The van der Waals surface area contributed by atoms with E-state index in [1.807, 2.05) is 20.8 Å². The number of benzene rings is 3. The maximum absolute atomic E-state index is 13.6. The summed E-state index contributed by atoms with van der Waals surface area (Å²) in [5, 5.41) is 15.7. The molecule has 262 valence electrons. The number of carbonyl (C=O) groups excluding carboxylic acids is 2. The largest absolute Gasteiger partial charge is 0.360 e. The van der Waals surface area contributed by atoms with Crippen LogP contribution in [0.5, 0.6) is 0 Å². The fraction of sp³-hybridized carbons (Fsp3) is 0.162. The molecule has 0 amide bonds. The van der Waals surface area contributed by atoms with Gasteiger partial charge in [-0.15, -0.1) is 0 Å². The Morgan fingerprint density at radius 2 is 1.35 bits per heavy atom. The van der Waals surface area contributed by atoms with E-state index in [2.05, 4.69) is 15.4 Å². The molecule has 0 aliphatic carbocycles. The molecule has 51 heavy (non-hydrogen) atoms. The maximum atomic E-state index is 13.6. The topological polar surface area (TPSA) is 95.8 Å². The Bertz CT molecular complexity index is 2260. The van der Waals surface area contributed by atoms with Crippen LogP contribution in [0.15, 0.2) is 71.3 Å². The van der Waals surface area contributed by atoms with Gasteiger partial charge in [-0.05, 0) is 93.9 Å². The fourth-order valence-corrected chi connectivity index (χ4v) is 6.81. The zero-order valence-corrected chi connectivity index (χ0v) is 32.4. The van der Waals surface area contributed by atoms with Gasteiger partial charge in [0.15, 0.2) is 5.78 Å². The van der Waals surface area contributed by atoms with Crippen molar-refractivity contribution in [2.24, 2.45) is 7.05 Å². The van der Waals surface area contributed by atoms with Crippen LogP contribution in [0.4, 0.5) is 0 Å². The second-order valence-electron chi connectivity index (χ2n) is 11.4. The number of aryl methyl sites for hydroxylation is 4. The number of ketones is 1. The lowest BCUT2D eigenvalue weighted by Crippen LogP contribution is -2.17. The van der Waals surface area contributed by atoms with E-state index < -0.39 is 5.91 Å². The summed E-state index contributed by atoms with van der Waals surface area (Å²) in [6.45, 7) is 7.16. The number of carbonyl (C=O) groups is 2. The summed E-state index contributed by atoms with van der Waals surface area (Å²) in [5.74, 6) is -0.160. The van der Waals surface area contributed by atoms with Crippen LogP contribution in [-0.4, -0.2) is 36.4 Å². The Labute approximate surface area is 324 Å². The van der Waals surface area contributed by atoms with Crippen LogP contribution in [0, 0.1) is 27.7 Å². The van der Waals surface area contributed by atoms with E-state index in [1.165, 1.54) is 10.8 Å². The minimum atomic E-state index is -0.396. The second kappa shape index (κ2) is 16.2. The molecule has 0 aliphatic rings. The first-order valence-corrected chi connectivity index (χ1v) is 17.6. The first-order chi connectivity index (χ1) is 24.2. The summed E-state index contributed by atoms with van der Waals surface area (Å²) in [4.78, 5) is 25.5. The highest BCUT2D eigenvalue weighted by atomic mass is 35.5. The Hall–Kier alpha value is -3.89. The van der Waals surface area contributed by atoms with E-state index >= 15 is 0 Å². The van der Waals surface area contributed by atoms with E-state index in [0.717, 1.165) is 22.4 Å². The first kappa shape index (κ1) is 38.3. The van der Waals surface area contributed by atoms with Gasteiger partial charge in [0.25, 0.3) is 5.91 Å². The van der Waals surface area contributed by atoms with Crippen LogP contribution >= 0.6 is 69.6 Å². The highest BCUT2D eigenvalue weighted by Gasteiger charge is 2.28. The molecule has 3 aromatic carbocycles. The maximum Gasteiger partial charge on any atom is 0.284 e. The summed E-state index contributed by atoms with van der Waals surface area (Å²) in [6, 6.07) is 17.2. The van der Waals surface area contributed by atoms with Crippen LogP contribution < -0.4 is 0 Å². The van der Waals surface area contributed by atoms with Crippen molar-refractivity contribution in [3.8, 4) is 11.3 Å². The van der Waals surface area contributed by atoms with E-state index in [-0.39, 0.29) is 17.0 Å². The lowest BCUT2D eigenvalue weighted by Gasteiger charge is -2.09. The molecule has 6 rings (SSSR count). The van der Waals surface area contributed by atoms with E-state index in [9.17, 15) is 9.59 Å². The number of allylic oxidation sites excluding steroid dienone is 1. The van der Waals surface area contributed by atoms with Crippen LogP contribution in [-0.2, 0) is 13.5 Å². The third kappa shape index (κ3) is 8.28. The third-order valence-corrected chi connectivity index (χ3v) is 10.1. The molecule has 0 radical (unpaired) electrons. The Balaban J connectivity index is 0.000000226. The van der Waals surface area contributed by atoms with Crippen molar-refractivity contribution in [3.63, 3.8) is 0 Å². The second-order valence-corrected chi connectivity index (χ2v) is 13.8. The Morgan fingerprint density at radius 1 is 0.765 bits per heavy atom. The normalized spacial score (nSPS) is 11.2. The summed E-state index contributed by atoms with van der Waals surface area (Å²) in [5.41, 5.74) is 6.06. The molecule has 6 aromatic rings. The van der Waals surface area contributed by atoms with Crippen molar-refractivity contribution in [1.29, 1.82) is 0 Å². The number of hydrogen-bond donors (Lipinski definition) is 0. The van der Waals surface area contributed by atoms with Gasteiger partial charge in [-0.2, -0.15) is 10.2 Å². The molecular formula is C37H29Cl6N5O3. The van der Waals surface area contributed by atoms with Crippen LogP contribution in [0.1, 0.15) is 60.2 Å². The number of hydrogen-bond acceptors (Lipinski definition) is 6. The van der Waals surface area contributed by atoms with Gasteiger partial charge in [0.05, 0.1) is 21.4 Å². The van der Waals surface area contributed by atoms with E-state index in [1.54, 1.807) is 85.4 Å². The summed E-state index contributed by atoms with van der Waals surface area (Å²) < 4.78 is 8.25. The standard InChI is InChI=1S/C23H17Cl4N3O2.C14H12Cl2N2O/c1-11-14(10-15-16(24)6-4-7-17(15)25)12(2)30(28-11)23(31)20-13(3)32-29-22(20)21-18(26)8-5-9-19(21)27;1-9-12(14(16)18(2)17-9)7-8-13(19)10-3-5-11(15)6-4-10/h4-9H,10H2,1-3H3;3-8H,1-2H3. The number of rotatable bonds is 7. The molecule has 0 saturated carbocycles. The zero-order chi connectivity index (χ0) is 37.1. The average molecular weight is 804 g/mol. The number of halogens is 6. The fourth-order valence-electron chi connectivity index (χ4n) is 5.34. The molecule has 0 bridgehead atoms. The van der Waals surface area contributed by atoms with Gasteiger partial charge >= 0.3 is 0 Å². The van der Waals surface area contributed by atoms with Crippen molar-refractivity contribution >= 4 is 87.4 Å². The highest BCUT2D eigenvalue weighted by Crippen LogP contribution is 2.37. The molecule has 14 heteroatoms. The molecule has 3 heterocycles. The number of nitrogens with zero attached hydrogens (tertiary/aromatic N) is 5. The summed E-state index contributed by atoms with van der Waals surface area (Å²) >= 11 is 37.3. The molecular weight excluding hydrogens is 775 g/mol. The van der Waals surface area contributed by atoms with Crippen LogP contribution in [0.2, 0.25) is 30.3 Å². The Morgan fingerprint density at radius 3 is 1.92 bits per heavy atom. The van der Waals surface area contributed by atoms with Crippen LogP contribution in [0.25, 0.3) is 17.3 Å². The van der Waals surface area contributed by atoms with Crippen molar-refractivity contribution in [2.75, 3.05) is 0 Å². The monoisotopic (exact) mass is 801 g/mol. The van der Waals surface area contributed by atoms with Gasteiger partial charge in [-0.1, -0.05) is 86.9 Å². The van der Waals surface area contributed by atoms with Crippen molar-refractivity contribution in [3.05, 3.63) is 148 Å². The lowest BCUT2D eigenvalue weighted by atomic mass is 10.0. The van der Waals surface area contributed by atoms with Crippen molar-refractivity contribution < 1.29 is 14.1 Å². The quantitative estimate of drug-likeness (QED) is 0.118. The van der Waals surface area contributed by atoms with Crippen molar-refractivity contribution in [1.82, 2.24) is 24.7 Å². The van der Waals surface area contributed by atoms with E-state index in [0.29, 0.717) is 65.0 Å². The third-order valence-electron chi connectivity index (χ3n) is 8.05. The highest BCUT2D eigenvalue weighted by molar-refractivity contribution is 6.39. The molecule has 3 aromatic heterocycles. The van der Waals surface area contributed by atoms with Gasteiger partial charge in [0.1, 0.15) is 22.2 Å². The van der Waals surface area contributed by atoms with Gasteiger partial charge in [0, 0.05) is 56.5 Å². The van der Waals surface area contributed by atoms with Gasteiger partial charge in [-0.25, -0.2) is 4.68 Å². The smallest absolute Gasteiger partial charge is 0.284 e. The average Bonchev–Trinajstić information content (AvgIpc) is 3.68. The first-order valence-electron chi connectivity index (χ1n) is 15.3. The van der Waals surface area contributed by atoms with Crippen LogP contribution in [0.3, 0.4) is 0 Å². The van der Waals surface area contributed by atoms with Gasteiger partial charge in [-0.3, -0.25) is 14.3 Å². The molecule has 0 spiro atoms. The Kier molecular flexibility index (Phi) is 12.2. The SMILES string of the molecule is Cc1nn(C(=O)c2c(-c3c(Cl)cccc3Cl)noc2C)c(C)c1Cc1c(Cl)cccc1Cl.Cc1nn(C)c(Cl)c1C=CC(=O)c1ccc(Cl)cc1. The molecule has 0 saturated heterocycles. The van der Waals surface area contributed by atoms with Gasteiger partial charge in [0.2, 0.25) is 0 Å². The summed E-state index contributed by atoms with van der Waals surface area (Å²) in [6.07, 6.45) is 3.61. The molecule has 0 fully saturated rings. The lowest BCUT2D eigenvalue weighted by molar-refractivity contribution is 0.0940. The minimum absolute atomic E-state index is 0.101. The van der Waals surface area contributed by atoms with Crippen molar-refractivity contribution in [2.45, 2.75) is 34.1 Å². The molecule has 8 nitrogen and oxygen atoms in total. The minimum Gasteiger partial charge on any atom is -0.360 e. The zero-order valence-electron chi connectivity index (χ0n) is 27.9. The van der Waals surface area contributed by atoms with Gasteiger partial charge < -0.3 is 4.52 Å². The molecule has 0 atom stereocenters. The predicted molar refractivity (Wildman–Crippen MR) is 205 cm³/mol. The molecule has 0 N–H and O–H groups in total. The van der Waals surface area contributed by atoms with E-state index in [4.69, 9.17) is 74.1 Å². The predicted octanol–water partition coefficient (Wildman–Crippen LogP) is 11.3. The summed E-state index contributed by atoms with van der Waals surface area (Å²) in [7, 11) is 1.76. The molecule has 0 aliphatic heterocycles. The number of aromatic nitrogens is 5.